The van der Waals surface area contributed by atoms with E-state index in [1.165, 1.54) is 61.2 Å². The third kappa shape index (κ3) is 12.0. The largest absolute Gasteiger partial charge is 0.374 e. The fourth-order valence-corrected chi connectivity index (χ4v) is 5.35. The summed E-state index contributed by atoms with van der Waals surface area (Å²) in [7, 11) is 1.87. The van der Waals surface area contributed by atoms with Crippen LogP contribution in [-0.4, -0.2) is 37.6 Å². The molecule has 0 aromatic carbocycles. The van der Waals surface area contributed by atoms with Gasteiger partial charge in [-0.2, -0.15) is 0 Å². The zero-order valence-corrected chi connectivity index (χ0v) is 24.7. The van der Waals surface area contributed by atoms with Gasteiger partial charge in [0.1, 0.15) is 15.0 Å². The van der Waals surface area contributed by atoms with Gasteiger partial charge in [-0.1, -0.05) is 101 Å². The molecule has 0 fully saturated rings. The Morgan fingerprint density at radius 3 is 1.40 bits per heavy atom. The van der Waals surface area contributed by atoms with Crippen LogP contribution in [0.1, 0.15) is 119 Å². The number of rotatable bonds is 11. The van der Waals surface area contributed by atoms with Gasteiger partial charge in [-0.05, 0) is 19.3 Å². The lowest BCUT2D eigenvalue weighted by Crippen LogP contribution is -1.92. The first-order valence-corrected chi connectivity index (χ1v) is 14.9. The lowest BCUT2D eigenvalue weighted by atomic mass is 10.1. The van der Waals surface area contributed by atoms with Crippen molar-refractivity contribution in [2.75, 3.05) is 23.8 Å². The van der Waals surface area contributed by atoms with Crippen LogP contribution in [0, 0.1) is 0 Å². The fraction of sp³-hybridized carbons (Fsp3) is 0.739. The van der Waals surface area contributed by atoms with Crippen LogP contribution in [0.4, 0.5) is 15.4 Å². The number of hydrogen-bond donors (Lipinski definition) is 3. The van der Waals surface area contributed by atoms with E-state index in [2.05, 4.69) is 77.5 Å². The molecule has 35 heavy (non-hydrogen) atoms. The molecule has 12 heteroatoms. The minimum absolute atomic E-state index is 0.509. The van der Waals surface area contributed by atoms with Gasteiger partial charge in [0.05, 0.1) is 0 Å². The highest BCUT2D eigenvalue weighted by atomic mass is 32.1. The van der Waals surface area contributed by atoms with E-state index in [0.29, 0.717) is 28.0 Å². The van der Waals surface area contributed by atoms with E-state index < -0.39 is 0 Å². The molecule has 3 rings (SSSR count). The van der Waals surface area contributed by atoms with Crippen molar-refractivity contribution in [1.29, 1.82) is 0 Å². The summed E-state index contributed by atoms with van der Waals surface area (Å²) in [6.45, 7) is 13.1. The molecule has 0 saturated carbocycles. The molecule has 3 aromatic heterocycles. The SMILES string of the molecule is CCCC(C)c1nnc(N)s1.CCCC(C)c1nnc(NC)s1.CCCCC(C)c1nnc(N)s1. The van der Waals surface area contributed by atoms with Gasteiger partial charge in [-0.25, -0.2) is 0 Å². The second-order valence-electron chi connectivity index (χ2n) is 8.58. The Morgan fingerprint density at radius 1 is 0.629 bits per heavy atom. The van der Waals surface area contributed by atoms with Gasteiger partial charge in [0.25, 0.3) is 0 Å². The lowest BCUT2D eigenvalue weighted by Gasteiger charge is -2.04. The maximum absolute atomic E-state index is 5.49. The van der Waals surface area contributed by atoms with Crippen molar-refractivity contribution in [3.05, 3.63) is 15.0 Å². The number of anilines is 3. The Bertz CT molecular complexity index is 925. The summed E-state index contributed by atoms with van der Waals surface area (Å²) in [4.78, 5) is 0. The Morgan fingerprint density at radius 2 is 1.06 bits per heavy atom. The quantitative estimate of drug-likeness (QED) is 0.236. The van der Waals surface area contributed by atoms with Crippen LogP contribution >= 0.6 is 34.0 Å². The van der Waals surface area contributed by atoms with Crippen LogP contribution in [0.2, 0.25) is 0 Å². The van der Waals surface area contributed by atoms with Crippen LogP contribution in [-0.2, 0) is 0 Å². The molecule has 0 bridgehead atoms. The van der Waals surface area contributed by atoms with Gasteiger partial charge >= 0.3 is 0 Å². The van der Waals surface area contributed by atoms with Gasteiger partial charge in [-0.15, -0.1) is 30.6 Å². The van der Waals surface area contributed by atoms with Crippen LogP contribution in [0.15, 0.2) is 0 Å². The predicted octanol–water partition coefficient (Wildman–Crippen LogP) is 6.92. The summed E-state index contributed by atoms with van der Waals surface area (Å²) in [5.74, 6) is 1.57. The number of aromatic nitrogens is 6. The standard InChI is InChI=1S/2C8H15N3S.C7H13N3S/c1-4-5-6(2)7-10-11-8(9-3)12-7;1-3-4-5-6(2)7-10-11-8(9)12-7;1-3-4-5(2)6-9-10-7(8)11-6/h6H,4-5H2,1-3H3,(H,9,11);6H,3-5H2,1-2H3,(H2,9,11);5H,3-4H2,1-2H3,(H2,8,10). The molecule has 5 N–H and O–H groups in total. The number of unbranched alkanes of at least 4 members (excludes halogenated alkanes) is 1. The maximum Gasteiger partial charge on any atom is 0.205 e. The van der Waals surface area contributed by atoms with Gasteiger partial charge in [-0.3, -0.25) is 0 Å². The highest BCUT2D eigenvalue weighted by Gasteiger charge is 2.11. The molecule has 3 heterocycles. The summed E-state index contributed by atoms with van der Waals surface area (Å²) >= 11 is 4.64. The molecule has 3 atom stereocenters. The van der Waals surface area contributed by atoms with E-state index in [1.807, 2.05) is 7.05 Å². The first-order valence-electron chi connectivity index (χ1n) is 12.4. The van der Waals surface area contributed by atoms with E-state index in [4.69, 9.17) is 11.5 Å². The number of nitrogens with two attached hydrogens (primary N) is 2. The number of nitrogens with one attached hydrogen (secondary N) is 1. The summed E-state index contributed by atoms with van der Waals surface area (Å²) < 4.78 is 0. The second kappa shape index (κ2) is 17.5. The fourth-order valence-electron chi connectivity index (χ4n) is 3.17. The monoisotopic (exact) mass is 541 g/mol. The molecular formula is C23H43N9S3. The first-order chi connectivity index (χ1) is 16.7. The van der Waals surface area contributed by atoms with Gasteiger partial charge < -0.3 is 16.8 Å². The van der Waals surface area contributed by atoms with Crippen LogP contribution in [0.25, 0.3) is 0 Å². The van der Waals surface area contributed by atoms with E-state index in [9.17, 15) is 0 Å². The first kappa shape index (κ1) is 31.1. The molecule has 3 unspecified atom stereocenters. The minimum Gasteiger partial charge on any atom is -0.374 e. The summed E-state index contributed by atoms with van der Waals surface area (Å²) in [6.07, 6.45) is 8.41. The highest BCUT2D eigenvalue weighted by molar-refractivity contribution is 7.15. The molecule has 0 radical (unpaired) electrons. The minimum atomic E-state index is 0.509. The van der Waals surface area contributed by atoms with E-state index in [-0.39, 0.29) is 0 Å². The zero-order chi connectivity index (χ0) is 26.2. The molecule has 0 aliphatic carbocycles. The Balaban J connectivity index is 0.000000263. The summed E-state index contributed by atoms with van der Waals surface area (Å²) in [5, 5.41) is 32.0. The second-order valence-corrected chi connectivity index (χ2v) is 11.7. The van der Waals surface area contributed by atoms with Crippen molar-refractivity contribution in [3.8, 4) is 0 Å². The molecule has 9 nitrogen and oxygen atoms in total. The molecular weight excluding hydrogens is 499 g/mol. The molecule has 0 spiro atoms. The van der Waals surface area contributed by atoms with Gasteiger partial charge in [0.15, 0.2) is 0 Å². The van der Waals surface area contributed by atoms with Crippen molar-refractivity contribution in [2.45, 2.75) is 104 Å². The normalized spacial score (nSPS) is 13.1. The number of hydrogen-bond acceptors (Lipinski definition) is 12. The van der Waals surface area contributed by atoms with Crippen LogP contribution in [0.5, 0.6) is 0 Å². The Hall–Kier alpha value is -1.92. The number of nitrogen functional groups attached to an aromatic ring is 2. The topological polar surface area (TPSA) is 141 Å². The van der Waals surface area contributed by atoms with E-state index >= 15 is 0 Å². The van der Waals surface area contributed by atoms with Crippen molar-refractivity contribution < 1.29 is 0 Å². The molecule has 0 amide bonds. The summed E-state index contributed by atoms with van der Waals surface area (Å²) in [5.41, 5.74) is 10.9. The predicted molar refractivity (Wildman–Crippen MR) is 153 cm³/mol. The maximum atomic E-state index is 5.49. The Labute approximate surface area is 222 Å². The smallest absolute Gasteiger partial charge is 0.205 e. The van der Waals surface area contributed by atoms with Crippen molar-refractivity contribution in [3.63, 3.8) is 0 Å². The zero-order valence-electron chi connectivity index (χ0n) is 22.2. The molecule has 0 aliphatic heterocycles. The van der Waals surface area contributed by atoms with Gasteiger partial charge in [0.2, 0.25) is 15.4 Å². The highest BCUT2D eigenvalue weighted by Crippen LogP contribution is 2.26. The Kier molecular flexibility index (Phi) is 15.6. The molecule has 198 valence electrons. The average Bonchev–Trinajstić information content (AvgIpc) is 3.59. The molecule has 0 aliphatic rings. The van der Waals surface area contributed by atoms with Crippen molar-refractivity contribution in [1.82, 2.24) is 30.6 Å². The average molecular weight is 542 g/mol. The summed E-state index contributed by atoms with van der Waals surface area (Å²) in [6, 6.07) is 0. The van der Waals surface area contributed by atoms with Gasteiger partial charge in [0, 0.05) is 24.8 Å². The van der Waals surface area contributed by atoms with Crippen LogP contribution in [0.3, 0.4) is 0 Å². The molecule has 3 aromatic rings. The van der Waals surface area contributed by atoms with Crippen molar-refractivity contribution in [2.24, 2.45) is 0 Å². The molecule has 0 saturated heterocycles. The van der Waals surface area contributed by atoms with Crippen molar-refractivity contribution >= 4 is 49.4 Å². The number of nitrogens with zero attached hydrogens (tertiary/aromatic N) is 6. The lowest BCUT2D eigenvalue weighted by molar-refractivity contribution is 0.616. The van der Waals surface area contributed by atoms with E-state index in [0.717, 1.165) is 26.6 Å². The third-order valence-electron chi connectivity index (χ3n) is 5.27. The third-order valence-corrected chi connectivity index (χ3v) is 8.41. The van der Waals surface area contributed by atoms with Crippen LogP contribution < -0.4 is 16.8 Å². The van der Waals surface area contributed by atoms with E-state index in [1.54, 1.807) is 11.3 Å².